The van der Waals surface area contributed by atoms with Gasteiger partial charge in [-0.1, -0.05) is 96.9 Å². The molecule has 0 aliphatic rings. The highest BCUT2D eigenvalue weighted by atomic mass is 16.2. The highest BCUT2D eigenvalue weighted by Gasteiger charge is 2.30. The second-order valence-electron chi connectivity index (χ2n) is 8.68. The van der Waals surface area contributed by atoms with E-state index in [9.17, 15) is 9.59 Å². The number of benzene rings is 3. The monoisotopic (exact) mass is 442 g/mol. The van der Waals surface area contributed by atoms with Crippen LogP contribution in [0.5, 0.6) is 0 Å². The van der Waals surface area contributed by atoms with Gasteiger partial charge in [0.15, 0.2) is 0 Å². The Balaban J connectivity index is 1.94. The van der Waals surface area contributed by atoms with Crippen LogP contribution in [-0.4, -0.2) is 29.3 Å². The zero-order valence-corrected chi connectivity index (χ0v) is 19.9. The summed E-state index contributed by atoms with van der Waals surface area (Å²) in [6.45, 7) is 7.09. The molecule has 0 saturated heterocycles. The molecule has 0 aliphatic carbocycles. The Hall–Kier alpha value is -3.40. The molecule has 0 bridgehead atoms. The Labute approximate surface area is 197 Å². The van der Waals surface area contributed by atoms with Crippen LogP contribution in [0.25, 0.3) is 0 Å². The summed E-state index contributed by atoms with van der Waals surface area (Å²) in [6.07, 6.45) is 1.59. The molecule has 4 heteroatoms. The first-order valence-corrected chi connectivity index (χ1v) is 11.7. The van der Waals surface area contributed by atoms with Crippen LogP contribution < -0.4 is 5.32 Å². The van der Waals surface area contributed by atoms with Gasteiger partial charge < -0.3 is 10.2 Å². The van der Waals surface area contributed by atoms with Crippen molar-refractivity contribution in [3.63, 3.8) is 0 Å². The molecule has 0 aliphatic heterocycles. The summed E-state index contributed by atoms with van der Waals surface area (Å²) in [7, 11) is 0. The maximum absolute atomic E-state index is 13.7. The van der Waals surface area contributed by atoms with E-state index in [1.807, 2.05) is 81.4 Å². The molecule has 3 rings (SSSR count). The highest BCUT2D eigenvalue weighted by Crippen LogP contribution is 2.18. The molecule has 33 heavy (non-hydrogen) atoms. The Kier molecular flexibility index (Phi) is 8.82. The first kappa shape index (κ1) is 24.2. The van der Waals surface area contributed by atoms with Gasteiger partial charge in [0.25, 0.3) is 0 Å². The lowest BCUT2D eigenvalue weighted by atomic mass is 10.0. The standard InChI is InChI=1S/C29H34N2O2/c1-4-15-30-29(33)27(19-24-11-7-5-8-12-24)31(21-25-13-9-6-10-14-25)28(32)20-26-17-22(2)16-23(3)18-26/h5-14,16-18,27H,4,15,19-21H2,1-3H3,(H,30,33). The van der Waals surface area contributed by atoms with Gasteiger partial charge in [-0.05, 0) is 37.0 Å². The van der Waals surface area contributed by atoms with Gasteiger partial charge in [0, 0.05) is 19.5 Å². The van der Waals surface area contributed by atoms with Crippen molar-refractivity contribution in [2.75, 3.05) is 6.54 Å². The maximum Gasteiger partial charge on any atom is 0.243 e. The number of carbonyl (C=O) groups excluding carboxylic acids is 2. The summed E-state index contributed by atoms with van der Waals surface area (Å²) >= 11 is 0. The second-order valence-corrected chi connectivity index (χ2v) is 8.68. The predicted octanol–water partition coefficient (Wildman–Crippen LogP) is 5.01. The molecule has 0 aromatic heterocycles. The predicted molar refractivity (Wildman–Crippen MR) is 134 cm³/mol. The molecule has 0 saturated carbocycles. The van der Waals surface area contributed by atoms with Crippen molar-refractivity contribution in [2.24, 2.45) is 0 Å². The van der Waals surface area contributed by atoms with Gasteiger partial charge in [-0.3, -0.25) is 9.59 Å². The lowest BCUT2D eigenvalue weighted by Crippen LogP contribution is -2.51. The largest absolute Gasteiger partial charge is 0.354 e. The van der Waals surface area contributed by atoms with Crippen molar-refractivity contribution in [2.45, 2.75) is 52.6 Å². The average Bonchev–Trinajstić information content (AvgIpc) is 2.80. The van der Waals surface area contributed by atoms with Crippen molar-refractivity contribution in [3.05, 3.63) is 107 Å². The molecule has 1 N–H and O–H groups in total. The first-order valence-electron chi connectivity index (χ1n) is 11.7. The van der Waals surface area contributed by atoms with Crippen LogP contribution >= 0.6 is 0 Å². The number of hydrogen-bond acceptors (Lipinski definition) is 2. The number of carbonyl (C=O) groups is 2. The SMILES string of the molecule is CCCNC(=O)C(Cc1ccccc1)N(Cc1ccccc1)C(=O)Cc1cc(C)cc(C)c1. The van der Waals surface area contributed by atoms with Gasteiger partial charge in [-0.15, -0.1) is 0 Å². The molecular formula is C29H34N2O2. The molecule has 0 heterocycles. The first-order chi connectivity index (χ1) is 16.0. The third-order valence-electron chi connectivity index (χ3n) is 5.65. The number of rotatable bonds is 10. The van der Waals surface area contributed by atoms with Crippen LogP contribution in [0.3, 0.4) is 0 Å². The highest BCUT2D eigenvalue weighted by molar-refractivity contribution is 5.88. The van der Waals surface area contributed by atoms with Crippen molar-refractivity contribution < 1.29 is 9.59 Å². The van der Waals surface area contributed by atoms with E-state index in [1.54, 1.807) is 4.90 Å². The van der Waals surface area contributed by atoms with E-state index in [1.165, 1.54) is 0 Å². The summed E-state index contributed by atoms with van der Waals surface area (Å²) in [5, 5.41) is 3.02. The lowest BCUT2D eigenvalue weighted by Gasteiger charge is -2.31. The van der Waals surface area contributed by atoms with Gasteiger partial charge in [-0.2, -0.15) is 0 Å². The summed E-state index contributed by atoms with van der Waals surface area (Å²) in [5.41, 5.74) is 5.28. The normalized spacial score (nSPS) is 11.6. The van der Waals surface area contributed by atoms with E-state index < -0.39 is 6.04 Å². The van der Waals surface area contributed by atoms with E-state index >= 15 is 0 Å². The molecule has 4 nitrogen and oxygen atoms in total. The topological polar surface area (TPSA) is 49.4 Å². The van der Waals surface area contributed by atoms with E-state index in [0.717, 1.165) is 34.2 Å². The summed E-state index contributed by atoms with van der Waals surface area (Å²) in [6, 6.07) is 25.4. The quantitative estimate of drug-likeness (QED) is 0.480. The number of aryl methyl sites for hydroxylation is 2. The maximum atomic E-state index is 13.7. The minimum Gasteiger partial charge on any atom is -0.354 e. The third kappa shape index (κ3) is 7.31. The molecule has 172 valence electrons. The van der Waals surface area contributed by atoms with Crippen LogP contribution in [0.1, 0.15) is 41.2 Å². The molecule has 1 atom stereocenters. The zero-order valence-electron chi connectivity index (χ0n) is 19.9. The fourth-order valence-electron chi connectivity index (χ4n) is 4.15. The number of amides is 2. The number of hydrogen-bond donors (Lipinski definition) is 1. The molecule has 3 aromatic carbocycles. The van der Waals surface area contributed by atoms with Crippen LogP contribution in [-0.2, 0) is 29.0 Å². The third-order valence-corrected chi connectivity index (χ3v) is 5.65. The van der Waals surface area contributed by atoms with Gasteiger partial charge in [0.1, 0.15) is 6.04 Å². The molecule has 2 amide bonds. The Morgan fingerprint density at radius 3 is 1.97 bits per heavy atom. The molecule has 0 radical (unpaired) electrons. The fraction of sp³-hybridized carbons (Fsp3) is 0.310. The minimum atomic E-state index is -0.586. The minimum absolute atomic E-state index is 0.0450. The smallest absolute Gasteiger partial charge is 0.243 e. The number of nitrogens with one attached hydrogen (secondary N) is 1. The molecule has 3 aromatic rings. The van der Waals surface area contributed by atoms with Crippen LogP contribution in [0.2, 0.25) is 0 Å². The van der Waals surface area contributed by atoms with Crippen LogP contribution in [0.4, 0.5) is 0 Å². The number of nitrogens with zero attached hydrogens (tertiary/aromatic N) is 1. The Morgan fingerprint density at radius 2 is 1.39 bits per heavy atom. The summed E-state index contributed by atoms with van der Waals surface area (Å²) < 4.78 is 0. The average molecular weight is 443 g/mol. The van der Waals surface area contributed by atoms with E-state index in [4.69, 9.17) is 0 Å². The van der Waals surface area contributed by atoms with Crippen molar-refractivity contribution >= 4 is 11.8 Å². The van der Waals surface area contributed by atoms with Crippen LogP contribution in [0, 0.1) is 13.8 Å². The van der Waals surface area contributed by atoms with E-state index in [-0.39, 0.29) is 18.2 Å². The Morgan fingerprint density at radius 1 is 0.818 bits per heavy atom. The van der Waals surface area contributed by atoms with E-state index in [2.05, 4.69) is 23.5 Å². The van der Waals surface area contributed by atoms with Crippen molar-refractivity contribution in [3.8, 4) is 0 Å². The molecule has 0 fully saturated rings. The van der Waals surface area contributed by atoms with E-state index in [0.29, 0.717) is 19.5 Å². The Bertz CT molecular complexity index is 1030. The molecular weight excluding hydrogens is 408 g/mol. The van der Waals surface area contributed by atoms with Crippen molar-refractivity contribution in [1.29, 1.82) is 0 Å². The van der Waals surface area contributed by atoms with Gasteiger partial charge >= 0.3 is 0 Å². The lowest BCUT2D eigenvalue weighted by molar-refractivity contribution is -0.140. The molecule has 0 spiro atoms. The molecule has 1 unspecified atom stereocenters. The fourth-order valence-corrected chi connectivity index (χ4v) is 4.15. The summed E-state index contributed by atoms with van der Waals surface area (Å²) in [5.74, 6) is -0.151. The summed E-state index contributed by atoms with van der Waals surface area (Å²) in [4.78, 5) is 28.7. The van der Waals surface area contributed by atoms with Crippen molar-refractivity contribution in [1.82, 2.24) is 10.2 Å². The van der Waals surface area contributed by atoms with Gasteiger partial charge in [0.05, 0.1) is 6.42 Å². The van der Waals surface area contributed by atoms with Crippen LogP contribution in [0.15, 0.2) is 78.9 Å². The van der Waals surface area contributed by atoms with Gasteiger partial charge in [-0.25, -0.2) is 0 Å². The second kappa shape index (κ2) is 12.0. The van der Waals surface area contributed by atoms with Gasteiger partial charge in [0.2, 0.25) is 11.8 Å². The zero-order chi connectivity index (χ0) is 23.6.